The van der Waals surface area contributed by atoms with Crippen molar-refractivity contribution in [3.8, 4) is 28.7 Å². The normalized spacial score (nSPS) is 10.3. The minimum atomic E-state index is -1.16. The van der Waals surface area contributed by atoms with Gasteiger partial charge in [0, 0.05) is 18.5 Å². The van der Waals surface area contributed by atoms with Gasteiger partial charge in [0.05, 0.1) is 19.4 Å². The Morgan fingerprint density at radius 3 is 2.41 bits per heavy atom. The Morgan fingerprint density at radius 1 is 0.974 bits per heavy atom. The quantitative estimate of drug-likeness (QED) is 0.250. The Balaban J connectivity index is 0.00000420. The number of oxazole rings is 1. The minimum absolute atomic E-state index is 0. The number of carbonyl (C=O) groups excluding carboxylic acids is 1. The van der Waals surface area contributed by atoms with Crippen molar-refractivity contribution < 1.29 is 33.3 Å². The van der Waals surface area contributed by atoms with Gasteiger partial charge >= 0.3 is 12.1 Å². The van der Waals surface area contributed by atoms with E-state index in [-0.39, 0.29) is 19.7 Å². The lowest BCUT2D eigenvalue weighted by atomic mass is 10.2. The van der Waals surface area contributed by atoms with Crippen molar-refractivity contribution in [1.29, 1.82) is 0 Å². The van der Waals surface area contributed by atoms with Gasteiger partial charge in [-0.3, -0.25) is 9.69 Å². The van der Waals surface area contributed by atoms with Crippen LogP contribution in [0.15, 0.2) is 83.3 Å². The number of hydrogen-bond acceptors (Lipinski definition) is 7. The number of aromatic nitrogens is 1. The Kier molecular flexibility index (Phi) is 10.1. The molecule has 0 aliphatic heterocycles. The molecule has 0 spiro atoms. The van der Waals surface area contributed by atoms with Crippen molar-refractivity contribution in [1.82, 2.24) is 9.88 Å². The number of benzene rings is 3. The first-order valence-electron chi connectivity index (χ1n) is 12.0. The molecular weight excluding hydrogens is 500 g/mol. The summed E-state index contributed by atoms with van der Waals surface area (Å²) in [5.41, 5.74) is 2.40. The fourth-order valence-electron chi connectivity index (χ4n) is 3.79. The summed E-state index contributed by atoms with van der Waals surface area (Å²) < 4.78 is 22.3. The molecule has 0 atom stereocenters. The zero-order valence-electron chi connectivity index (χ0n) is 21.1. The number of hydrogen-bond donors (Lipinski definition) is 1. The Bertz CT molecular complexity index is 1390. The first-order valence-corrected chi connectivity index (χ1v) is 12.0. The summed E-state index contributed by atoms with van der Waals surface area (Å²) in [4.78, 5) is 29.9. The molecule has 1 aromatic heterocycles. The summed E-state index contributed by atoms with van der Waals surface area (Å²) in [6.07, 6.45) is -0.262. The van der Waals surface area contributed by atoms with Gasteiger partial charge in [-0.1, -0.05) is 49.9 Å². The van der Waals surface area contributed by atoms with Gasteiger partial charge in [-0.05, 0) is 48.9 Å². The van der Waals surface area contributed by atoms with E-state index in [9.17, 15) is 14.7 Å². The maximum Gasteiger partial charge on any atom is 0.416 e. The number of methoxy groups -OCH3 is 1. The van der Waals surface area contributed by atoms with E-state index in [0.717, 1.165) is 21.9 Å². The molecule has 9 nitrogen and oxygen atoms in total. The molecule has 0 unspecified atom stereocenters. The van der Waals surface area contributed by atoms with E-state index in [1.54, 1.807) is 48.5 Å². The molecule has 0 aliphatic carbocycles. The van der Waals surface area contributed by atoms with Gasteiger partial charge < -0.3 is 23.7 Å². The van der Waals surface area contributed by atoms with E-state index >= 15 is 0 Å². The molecular formula is C30H32N2O7. The van der Waals surface area contributed by atoms with Crippen LogP contribution in [-0.4, -0.2) is 47.3 Å². The lowest BCUT2D eigenvalue weighted by molar-refractivity contribution is -0.138. The van der Waals surface area contributed by atoms with Crippen molar-refractivity contribution >= 4 is 12.1 Å². The first kappa shape index (κ1) is 28.8. The third kappa shape index (κ3) is 7.85. The highest BCUT2D eigenvalue weighted by molar-refractivity contribution is 5.78. The number of carboxylic acid groups (broad SMARTS) is 1. The molecule has 4 rings (SSSR count). The number of carboxylic acids is 1. The summed E-state index contributed by atoms with van der Waals surface area (Å²) in [5, 5.41) is 9.34. The molecule has 4 aromatic rings. The van der Waals surface area contributed by atoms with E-state index < -0.39 is 18.6 Å². The molecule has 9 heteroatoms. The summed E-state index contributed by atoms with van der Waals surface area (Å²) >= 11 is 0. The van der Waals surface area contributed by atoms with Crippen LogP contribution in [-0.2, 0) is 17.8 Å². The fourth-order valence-corrected chi connectivity index (χ4v) is 3.79. The standard InChI is InChI=1S/C29H28N2O7.CH4/c1-20-24(30-28(37-20)22-10-4-3-5-11-22)15-16-36-23-12-8-9-21(17-23)18-31(19-27(32)33)29(34)38-26-14-7-6-13-25(26)35-2;/h3-14,17H,15-16,18-19H2,1-2H3,(H,32,33);1H4. The molecule has 0 bridgehead atoms. The van der Waals surface area contributed by atoms with E-state index in [1.165, 1.54) is 7.11 Å². The van der Waals surface area contributed by atoms with E-state index in [1.807, 2.05) is 37.3 Å². The van der Waals surface area contributed by atoms with E-state index in [0.29, 0.717) is 36.0 Å². The van der Waals surface area contributed by atoms with Crippen molar-refractivity contribution in [3.05, 3.63) is 95.9 Å². The highest BCUT2D eigenvalue weighted by Crippen LogP contribution is 2.27. The average Bonchev–Trinajstić information content (AvgIpc) is 3.29. The SMILES string of the molecule is C.COc1ccccc1OC(=O)N(CC(=O)O)Cc1cccc(OCCc2nc(-c3ccccc3)oc2C)c1. The highest BCUT2D eigenvalue weighted by Gasteiger charge is 2.21. The second-order valence-electron chi connectivity index (χ2n) is 8.40. The van der Waals surface area contributed by atoms with Crippen LogP contribution in [0.4, 0.5) is 4.79 Å². The van der Waals surface area contributed by atoms with Crippen LogP contribution in [0.1, 0.15) is 24.4 Å². The average molecular weight is 533 g/mol. The number of carbonyl (C=O) groups is 2. The van der Waals surface area contributed by atoms with Gasteiger partial charge in [0.2, 0.25) is 5.89 Å². The van der Waals surface area contributed by atoms with Gasteiger partial charge in [0.25, 0.3) is 0 Å². The lowest BCUT2D eigenvalue weighted by Crippen LogP contribution is -2.37. The van der Waals surface area contributed by atoms with Crippen molar-refractivity contribution in [2.75, 3.05) is 20.3 Å². The first-order chi connectivity index (χ1) is 18.4. The van der Waals surface area contributed by atoms with Crippen LogP contribution in [0, 0.1) is 6.92 Å². The zero-order chi connectivity index (χ0) is 26.9. The number of rotatable bonds is 11. The smallest absolute Gasteiger partial charge is 0.416 e. The van der Waals surface area contributed by atoms with Crippen molar-refractivity contribution in [2.45, 2.75) is 27.3 Å². The third-order valence-electron chi connectivity index (χ3n) is 5.64. The molecule has 0 saturated heterocycles. The maximum absolute atomic E-state index is 12.8. The number of aryl methyl sites for hydroxylation is 1. The summed E-state index contributed by atoms with van der Waals surface area (Å²) in [7, 11) is 1.46. The molecule has 204 valence electrons. The molecule has 1 heterocycles. The van der Waals surface area contributed by atoms with Gasteiger partial charge in [0.1, 0.15) is 18.1 Å². The molecule has 1 amide bonds. The van der Waals surface area contributed by atoms with Gasteiger partial charge in [-0.15, -0.1) is 0 Å². The predicted molar refractivity (Wildman–Crippen MR) is 146 cm³/mol. The summed E-state index contributed by atoms with van der Waals surface area (Å²) in [6.45, 7) is 1.71. The van der Waals surface area contributed by atoms with Crippen LogP contribution in [0.25, 0.3) is 11.5 Å². The summed E-state index contributed by atoms with van der Waals surface area (Å²) in [6, 6.07) is 23.5. The van der Waals surface area contributed by atoms with Crippen LogP contribution >= 0.6 is 0 Å². The van der Waals surface area contributed by atoms with Gasteiger partial charge in [0.15, 0.2) is 11.5 Å². The second kappa shape index (κ2) is 13.7. The number of aliphatic carboxylic acids is 1. The van der Waals surface area contributed by atoms with Crippen LogP contribution in [0.5, 0.6) is 17.2 Å². The molecule has 0 fully saturated rings. The number of nitrogens with zero attached hydrogens (tertiary/aromatic N) is 2. The largest absolute Gasteiger partial charge is 0.493 e. The predicted octanol–water partition coefficient (Wildman–Crippen LogP) is 6.00. The molecule has 0 saturated carbocycles. The molecule has 39 heavy (non-hydrogen) atoms. The Hall–Kier alpha value is -4.79. The van der Waals surface area contributed by atoms with E-state index in [2.05, 4.69) is 4.98 Å². The fraction of sp³-hybridized carbons (Fsp3) is 0.233. The van der Waals surface area contributed by atoms with Gasteiger partial charge in [-0.25, -0.2) is 9.78 Å². The number of ether oxygens (including phenoxy) is 3. The molecule has 0 aliphatic rings. The monoisotopic (exact) mass is 532 g/mol. The Labute approximate surface area is 227 Å². The molecule has 1 N–H and O–H groups in total. The lowest BCUT2D eigenvalue weighted by Gasteiger charge is -2.21. The van der Waals surface area contributed by atoms with Crippen molar-refractivity contribution in [2.24, 2.45) is 0 Å². The zero-order valence-corrected chi connectivity index (χ0v) is 21.1. The third-order valence-corrected chi connectivity index (χ3v) is 5.64. The second-order valence-corrected chi connectivity index (χ2v) is 8.40. The number of para-hydroxylation sites is 2. The van der Waals surface area contributed by atoms with E-state index in [4.69, 9.17) is 18.6 Å². The van der Waals surface area contributed by atoms with Crippen LogP contribution < -0.4 is 14.2 Å². The summed E-state index contributed by atoms with van der Waals surface area (Å²) in [5.74, 6) is 1.29. The Morgan fingerprint density at radius 2 is 1.69 bits per heavy atom. The molecule has 3 aromatic carbocycles. The van der Waals surface area contributed by atoms with Crippen LogP contribution in [0.2, 0.25) is 0 Å². The highest BCUT2D eigenvalue weighted by atomic mass is 16.6. The molecule has 0 radical (unpaired) electrons. The maximum atomic E-state index is 12.8. The topological polar surface area (TPSA) is 111 Å². The van der Waals surface area contributed by atoms with Gasteiger partial charge in [-0.2, -0.15) is 0 Å². The number of amides is 1. The minimum Gasteiger partial charge on any atom is -0.493 e. The van der Waals surface area contributed by atoms with Crippen LogP contribution in [0.3, 0.4) is 0 Å². The van der Waals surface area contributed by atoms with Crippen molar-refractivity contribution in [3.63, 3.8) is 0 Å².